The molecular weight excluding hydrogens is 827 g/mol. The Balaban J connectivity index is 2.30. The molecule has 0 radical (unpaired) electrons. The first-order chi connectivity index (χ1) is 29.7. The van der Waals surface area contributed by atoms with Gasteiger partial charge in [0.2, 0.25) is 47.3 Å². The molecule has 2 rings (SSSR count). The predicted octanol–water partition coefficient (Wildman–Crippen LogP) is -6.41. The van der Waals surface area contributed by atoms with E-state index in [1.807, 2.05) is 0 Å². The molecule has 1 aliphatic heterocycles. The third kappa shape index (κ3) is 18.9. The second-order valence-corrected chi connectivity index (χ2v) is 15.5. The normalized spacial score (nSPS) is 16.3. The lowest BCUT2D eigenvalue weighted by Crippen LogP contribution is -2.60. The van der Waals surface area contributed by atoms with E-state index in [1.165, 1.54) is 17.4 Å². The van der Waals surface area contributed by atoms with Gasteiger partial charge in [-0.2, -0.15) is 0 Å². The summed E-state index contributed by atoms with van der Waals surface area (Å²) in [5, 5.41) is 22.8. The number of likely N-dealkylation sites (tertiary alicyclic amines) is 1. The molecule has 0 aliphatic carbocycles. The minimum absolute atomic E-state index is 0.0236. The molecule has 8 amide bonds. The second kappa shape index (κ2) is 26.7. The lowest BCUT2D eigenvalue weighted by molar-refractivity contribution is -0.142. The third-order valence-corrected chi connectivity index (χ3v) is 9.81. The van der Waals surface area contributed by atoms with Gasteiger partial charge in [-0.05, 0) is 57.3 Å². The van der Waals surface area contributed by atoms with Crippen LogP contribution in [-0.2, 0) is 44.8 Å². The van der Waals surface area contributed by atoms with Crippen LogP contribution in [0.25, 0.3) is 0 Å². The van der Waals surface area contributed by atoms with Gasteiger partial charge in [0.15, 0.2) is 11.9 Å². The van der Waals surface area contributed by atoms with Gasteiger partial charge in [-0.25, -0.2) is 4.98 Å². The Kier molecular flexibility index (Phi) is 22.3. The molecule has 63 heavy (non-hydrogen) atoms. The number of H-pyrrole nitrogens is 1. The zero-order valence-electron chi connectivity index (χ0n) is 35.7. The molecule has 26 heteroatoms. The number of nitrogens with two attached hydrogens (primary N) is 7. The number of aliphatic imine (C=N–C) groups is 2. The van der Waals surface area contributed by atoms with E-state index in [2.05, 4.69) is 46.5 Å². The van der Waals surface area contributed by atoms with Crippen molar-refractivity contribution in [1.82, 2.24) is 41.5 Å². The quantitative estimate of drug-likeness (QED) is 0.0211. The summed E-state index contributed by atoms with van der Waals surface area (Å²) in [5.41, 5.74) is 38.9. The zero-order chi connectivity index (χ0) is 47.2. The summed E-state index contributed by atoms with van der Waals surface area (Å²) in [7, 11) is 0. The van der Waals surface area contributed by atoms with Crippen molar-refractivity contribution in [3.8, 4) is 0 Å². The van der Waals surface area contributed by atoms with E-state index in [0.717, 1.165) is 0 Å². The first-order valence-electron chi connectivity index (χ1n) is 20.6. The highest BCUT2D eigenvalue weighted by atomic mass is 16.3. The highest BCUT2D eigenvalue weighted by Gasteiger charge is 2.40. The maximum atomic E-state index is 14.0. The molecule has 0 spiro atoms. The van der Waals surface area contributed by atoms with Crippen LogP contribution >= 0.6 is 0 Å². The van der Waals surface area contributed by atoms with Crippen LogP contribution < -0.4 is 66.7 Å². The van der Waals surface area contributed by atoms with Crippen LogP contribution in [0.15, 0.2) is 22.5 Å². The summed E-state index contributed by atoms with van der Waals surface area (Å²) in [6, 6.07) is -8.76. The Morgan fingerprint density at radius 1 is 0.778 bits per heavy atom. The minimum atomic E-state index is -1.56. The molecule has 1 aromatic rings. The Morgan fingerprint density at radius 3 is 1.87 bits per heavy atom. The highest BCUT2D eigenvalue weighted by Crippen LogP contribution is 2.21. The Morgan fingerprint density at radius 2 is 1.33 bits per heavy atom. The van der Waals surface area contributed by atoms with Crippen LogP contribution in [0, 0.1) is 5.92 Å². The monoisotopic (exact) mass is 892 g/mol. The maximum absolute atomic E-state index is 14.0. The fraction of sp³-hybridized carbons (Fsp3) is 0.649. The third-order valence-electron chi connectivity index (χ3n) is 9.81. The van der Waals surface area contributed by atoms with Crippen molar-refractivity contribution < 1.29 is 43.5 Å². The fourth-order valence-corrected chi connectivity index (χ4v) is 6.57. The number of nitrogens with one attached hydrogen (secondary N) is 6. The van der Waals surface area contributed by atoms with Gasteiger partial charge in [0.1, 0.15) is 36.3 Å². The van der Waals surface area contributed by atoms with E-state index in [9.17, 15) is 43.5 Å². The smallest absolute Gasteiger partial charge is 0.245 e. The number of amides is 8. The molecule has 0 aromatic carbocycles. The SMILES string of the molecule is CC(C)C[C@H](NC(=O)[C@H](CCCN=C(N)N)NC(=O)[C@@H]1CCCN1C(=O)[C@H](CCCN=C(N)N)NC(=O)[C@@H](N)CCC(N)=O)C(=O)N[C@@H](CO)C(=O)N[C@@H](Cc1cnc[nH]1)C(N)=O. The molecule has 1 aliphatic rings. The van der Waals surface area contributed by atoms with E-state index in [-0.39, 0.29) is 95.3 Å². The Hall–Kier alpha value is -6.57. The standard InChI is InChI=1S/C37H65N17O9/c1-19(2)14-25(32(60)53-26(17-55)33(61)51-24(29(40)57)15-20-16-45-18-48-20)52-31(59)22(6-3-11-46-36(41)42)49-34(62)27-8-5-13-54(27)35(63)23(7-4-12-47-37(43)44)50-30(58)21(38)9-10-28(39)56/h16,18-19,21-27,55H,3-15,17,38H2,1-2H3,(H2,39,56)(H2,40,57)(H,45,48)(H,49,62)(H,50,58)(H,51,61)(H,52,59)(H,53,60)(H4,41,42,46)(H4,43,44,47)/t21-,22-,23-,24-,25-,26-,27-/m0/s1. The minimum Gasteiger partial charge on any atom is -0.394 e. The number of primary amides is 2. The number of aliphatic hydroxyl groups excluding tert-OH is 1. The van der Waals surface area contributed by atoms with E-state index in [0.29, 0.717) is 12.1 Å². The van der Waals surface area contributed by atoms with Crippen LogP contribution in [0.4, 0.5) is 0 Å². The number of carbonyl (C=O) groups is 8. The maximum Gasteiger partial charge on any atom is 0.245 e. The van der Waals surface area contributed by atoms with Gasteiger partial charge in [0, 0.05) is 44.4 Å². The lowest BCUT2D eigenvalue weighted by Gasteiger charge is -2.31. The first-order valence-corrected chi connectivity index (χ1v) is 20.6. The average Bonchev–Trinajstić information content (AvgIpc) is 3.93. The second-order valence-electron chi connectivity index (χ2n) is 15.5. The molecule has 0 saturated carbocycles. The number of aliphatic hydroxyl groups is 1. The number of carbonyl (C=O) groups excluding carboxylic acids is 8. The molecule has 21 N–H and O–H groups in total. The molecule has 1 fully saturated rings. The van der Waals surface area contributed by atoms with E-state index >= 15 is 0 Å². The van der Waals surface area contributed by atoms with Crippen LogP contribution in [0.3, 0.4) is 0 Å². The Labute approximate surface area is 364 Å². The van der Waals surface area contributed by atoms with Crippen LogP contribution in [0.1, 0.15) is 77.3 Å². The van der Waals surface area contributed by atoms with Gasteiger partial charge in [-0.3, -0.25) is 48.3 Å². The summed E-state index contributed by atoms with van der Waals surface area (Å²) in [5.74, 6) is -6.70. The van der Waals surface area contributed by atoms with Crippen molar-refractivity contribution >= 4 is 59.2 Å². The summed E-state index contributed by atoms with van der Waals surface area (Å²) < 4.78 is 0. The molecule has 0 unspecified atom stereocenters. The highest BCUT2D eigenvalue weighted by molar-refractivity contribution is 5.97. The number of guanidine groups is 2. The number of imidazole rings is 1. The lowest BCUT2D eigenvalue weighted by atomic mass is 10.0. The van der Waals surface area contributed by atoms with Crippen LogP contribution in [0.2, 0.25) is 0 Å². The number of hydrogen-bond acceptors (Lipinski definition) is 13. The Bertz CT molecular complexity index is 1770. The van der Waals surface area contributed by atoms with Crippen molar-refractivity contribution in [3.05, 3.63) is 18.2 Å². The van der Waals surface area contributed by atoms with Gasteiger partial charge < -0.3 is 81.7 Å². The molecule has 352 valence electrons. The number of hydrogen-bond donors (Lipinski definition) is 14. The number of nitrogens with zero attached hydrogens (tertiary/aromatic N) is 4. The summed E-state index contributed by atoms with van der Waals surface area (Å²) in [6.07, 6.45) is 3.66. The number of rotatable bonds is 28. The number of aromatic amines is 1. The molecule has 26 nitrogen and oxygen atoms in total. The largest absolute Gasteiger partial charge is 0.394 e. The van der Waals surface area contributed by atoms with Crippen LogP contribution in [0.5, 0.6) is 0 Å². The zero-order valence-corrected chi connectivity index (χ0v) is 35.7. The molecule has 2 heterocycles. The van der Waals surface area contributed by atoms with Crippen molar-refractivity contribution in [1.29, 1.82) is 0 Å². The van der Waals surface area contributed by atoms with Gasteiger partial charge in [0.05, 0.1) is 19.0 Å². The van der Waals surface area contributed by atoms with Crippen molar-refractivity contribution in [2.75, 3.05) is 26.2 Å². The first kappa shape index (κ1) is 52.6. The summed E-state index contributed by atoms with van der Waals surface area (Å²) in [4.78, 5) is 121. The van der Waals surface area contributed by atoms with Crippen molar-refractivity contribution in [3.63, 3.8) is 0 Å². The topological polar surface area (TPSA) is 456 Å². The van der Waals surface area contributed by atoms with Crippen molar-refractivity contribution in [2.24, 2.45) is 56.0 Å². The van der Waals surface area contributed by atoms with Crippen LogP contribution in [-0.4, -0.2) is 148 Å². The van der Waals surface area contributed by atoms with Crippen molar-refractivity contribution in [2.45, 2.75) is 120 Å². The average molecular weight is 892 g/mol. The summed E-state index contributed by atoms with van der Waals surface area (Å²) in [6.45, 7) is 3.02. The van der Waals surface area contributed by atoms with Gasteiger partial charge in [0.25, 0.3) is 0 Å². The number of aromatic nitrogens is 2. The molecule has 1 aromatic heterocycles. The van der Waals surface area contributed by atoms with E-state index < -0.39 is 96.2 Å². The van der Waals surface area contributed by atoms with Gasteiger partial charge >= 0.3 is 0 Å². The molecular formula is C37H65N17O9. The van der Waals surface area contributed by atoms with Gasteiger partial charge in [-0.15, -0.1) is 0 Å². The van der Waals surface area contributed by atoms with E-state index in [1.54, 1.807) is 13.8 Å². The molecule has 7 atom stereocenters. The predicted molar refractivity (Wildman–Crippen MR) is 229 cm³/mol. The molecule has 0 bridgehead atoms. The molecule has 1 saturated heterocycles. The summed E-state index contributed by atoms with van der Waals surface area (Å²) >= 11 is 0. The van der Waals surface area contributed by atoms with E-state index in [4.69, 9.17) is 40.1 Å². The fourth-order valence-electron chi connectivity index (χ4n) is 6.57. The van der Waals surface area contributed by atoms with Gasteiger partial charge in [-0.1, -0.05) is 13.8 Å².